The molecule has 0 aliphatic rings. The van der Waals surface area contributed by atoms with Crippen LogP contribution in [0.4, 0.5) is 11.4 Å². The number of nitrogens with zero attached hydrogens (tertiary/aromatic N) is 1. The van der Waals surface area contributed by atoms with Crippen molar-refractivity contribution < 1.29 is 14.4 Å². The fraction of sp³-hybridized carbons (Fsp3) is 0.455. The summed E-state index contributed by atoms with van der Waals surface area (Å²) in [6.45, 7) is 3.47. The zero-order valence-corrected chi connectivity index (χ0v) is 10.2. The van der Waals surface area contributed by atoms with Gasteiger partial charge in [-0.05, 0) is 6.42 Å². The summed E-state index contributed by atoms with van der Waals surface area (Å²) in [6.07, 6.45) is 0.943. The molecule has 0 unspecified atom stereocenters. The molecule has 0 aromatic heterocycles. The average Bonchev–Trinajstić information content (AvgIpc) is 2.38. The number of nitro groups is 1. The van der Waals surface area contributed by atoms with E-state index in [4.69, 9.17) is 15.3 Å². The maximum atomic E-state index is 10.7. The Morgan fingerprint density at radius 3 is 2.72 bits per heavy atom. The van der Waals surface area contributed by atoms with Gasteiger partial charge in [-0.25, -0.2) is 0 Å². The molecule has 100 valence electrons. The molecule has 3 N–H and O–H groups in total. The minimum atomic E-state index is -0.499. The molecule has 0 atom stereocenters. The van der Waals surface area contributed by atoms with Crippen molar-refractivity contribution in [1.82, 2.24) is 0 Å². The van der Waals surface area contributed by atoms with Crippen molar-refractivity contribution in [3.05, 3.63) is 28.3 Å². The number of nitrogens with one attached hydrogen (secondary N) is 1. The average molecular weight is 255 g/mol. The second-order valence-electron chi connectivity index (χ2n) is 3.58. The van der Waals surface area contributed by atoms with Crippen LogP contribution in [0.15, 0.2) is 18.2 Å². The van der Waals surface area contributed by atoms with Crippen molar-refractivity contribution in [3.8, 4) is 5.75 Å². The molecule has 1 aromatic carbocycles. The van der Waals surface area contributed by atoms with Crippen molar-refractivity contribution in [2.75, 3.05) is 25.2 Å². The maximum Gasteiger partial charge on any atom is 0.275 e. The Bertz CT molecular complexity index is 398. The minimum absolute atomic E-state index is 0.0741. The van der Waals surface area contributed by atoms with Crippen LogP contribution in [0.5, 0.6) is 5.75 Å². The second-order valence-corrected chi connectivity index (χ2v) is 3.58. The SMILES string of the molecule is CCCOCCOc1cc(NN)cc([N+](=O)[O-])c1. The van der Waals surface area contributed by atoms with Gasteiger partial charge in [-0.3, -0.25) is 16.0 Å². The van der Waals surface area contributed by atoms with Gasteiger partial charge >= 0.3 is 0 Å². The molecule has 7 heteroatoms. The summed E-state index contributed by atoms with van der Waals surface area (Å²) in [7, 11) is 0. The van der Waals surface area contributed by atoms with Gasteiger partial charge in [0.1, 0.15) is 12.4 Å². The number of nitrogen functional groups attached to an aromatic ring is 1. The lowest BCUT2D eigenvalue weighted by atomic mass is 10.2. The molecule has 1 rings (SSSR count). The summed E-state index contributed by atoms with van der Waals surface area (Å²) in [5.74, 6) is 5.62. The molecule has 1 aromatic rings. The highest BCUT2D eigenvalue weighted by Crippen LogP contribution is 2.25. The second kappa shape index (κ2) is 7.46. The van der Waals surface area contributed by atoms with E-state index in [1.165, 1.54) is 12.1 Å². The van der Waals surface area contributed by atoms with E-state index in [0.29, 0.717) is 31.3 Å². The number of rotatable bonds is 8. The van der Waals surface area contributed by atoms with Crippen LogP contribution in [-0.4, -0.2) is 24.7 Å². The van der Waals surface area contributed by atoms with Crippen molar-refractivity contribution >= 4 is 11.4 Å². The summed E-state index contributed by atoms with van der Waals surface area (Å²) >= 11 is 0. The summed E-state index contributed by atoms with van der Waals surface area (Å²) in [5.41, 5.74) is 2.71. The largest absolute Gasteiger partial charge is 0.491 e. The van der Waals surface area contributed by atoms with Crippen LogP contribution in [0.3, 0.4) is 0 Å². The monoisotopic (exact) mass is 255 g/mol. The third-order valence-corrected chi connectivity index (χ3v) is 2.11. The fourth-order valence-corrected chi connectivity index (χ4v) is 1.32. The van der Waals surface area contributed by atoms with E-state index < -0.39 is 4.92 Å². The minimum Gasteiger partial charge on any atom is -0.491 e. The quantitative estimate of drug-likeness (QED) is 0.317. The van der Waals surface area contributed by atoms with Gasteiger partial charge < -0.3 is 14.9 Å². The topological polar surface area (TPSA) is 99.7 Å². The predicted molar refractivity (Wildman–Crippen MR) is 67.5 cm³/mol. The summed E-state index contributed by atoms with van der Waals surface area (Å²) < 4.78 is 10.6. The van der Waals surface area contributed by atoms with E-state index >= 15 is 0 Å². The number of hydrogen-bond donors (Lipinski definition) is 2. The number of nitro benzene ring substituents is 1. The molecular weight excluding hydrogens is 238 g/mol. The number of hydrazine groups is 1. The Labute approximate surface area is 105 Å². The van der Waals surface area contributed by atoms with E-state index in [0.717, 1.165) is 6.42 Å². The maximum absolute atomic E-state index is 10.7. The molecule has 0 bridgehead atoms. The van der Waals surface area contributed by atoms with Gasteiger partial charge in [0.05, 0.1) is 23.3 Å². The molecule has 7 nitrogen and oxygen atoms in total. The van der Waals surface area contributed by atoms with Gasteiger partial charge in [0.2, 0.25) is 0 Å². The lowest BCUT2D eigenvalue weighted by Crippen LogP contribution is -2.09. The summed E-state index contributed by atoms with van der Waals surface area (Å²) in [6, 6.07) is 4.27. The highest BCUT2D eigenvalue weighted by Gasteiger charge is 2.10. The van der Waals surface area contributed by atoms with Crippen molar-refractivity contribution in [1.29, 1.82) is 0 Å². The van der Waals surface area contributed by atoms with Crippen LogP contribution in [0.25, 0.3) is 0 Å². The zero-order valence-electron chi connectivity index (χ0n) is 10.2. The summed E-state index contributed by atoms with van der Waals surface area (Å²) in [5, 5.41) is 10.7. The molecule has 0 saturated carbocycles. The van der Waals surface area contributed by atoms with Gasteiger partial charge in [0.25, 0.3) is 5.69 Å². The first kappa shape index (κ1) is 14.2. The summed E-state index contributed by atoms with van der Waals surface area (Å²) in [4.78, 5) is 10.2. The molecule has 18 heavy (non-hydrogen) atoms. The zero-order chi connectivity index (χ0) is 13.4. The van der Waals surface area contributed by atoms with E-state index in [-0.39, 0.29) is 5.69 Å². The van der Waals surface area contributed by atoms with E-state index in [1.54, 1.807) is 6.07 Å². The molecule has 0 heterocycles. The standard InChI is InChI=1S/C11H17N3O4/c1-2-3-17-4-5-18-11-7-9(13-12)6-10(8-11)14(15)16/h6-8,13H,2-5,12H2,1H3. The smallest absolute Gasteiger partial charge is 0.275 e. The van der Waals surface area contributed by atoms with Gasteiger partial charge in [-0.2, -0.15) is 0 Å². The number of non-ortho nitro benzene ring substituents is 1. The first-order valence-corrected chi connectivity index (χ1v) is 5.64. The molecule has 0 fully saturated rings. The highest BCUT2D eigenvalue weighted by atomic mass is 16.6. The highest BCUT2D eigenvalue weighted by molar-refractivity contribution is 5.55. The van der Waals surface area contributed by atoms with Crippen LogP contribution in [0.1, 0.15) is 13.3 Å². The Balaban J connectivity index is 2.58. The molecule has 0 aliphatic heterocycles. The van der Waals surface area contributed by atoms with E-state index in [1.807, 2.05) is 6.92 Å². The van der Waals surface area contributed by atoms with Crippen LogP contribution in [-0.2, 0) is 4.74 Å². The first-order chi connectivity index (χ1) is 8.67. The molecular formula is C11H17N3O4. The van der Waals surface area contributed by atoms with Crippen molar-refractivity contribution in [2.24, 2.45) is 5.84 Å². The normalized spacial score (nSPS) is 10.1. The number of hydrogen-bond acceptors (Lipinski definition) is 6. The van der Waals surface area contributed by atoms with Gasteiger partial charge in [0.15, 0.2) is 0 Å². The Hall–Kier alpha value is -1.86. The number of ether oxygens (including phenoxy) is 2. The number of anilines is 1. The molecule has 0 spiro atoms. The Morgan fingerprint density at radius 1 is 1.33 bits per heavy atom. The van der Waals surface area contributed by atoms with Crippen LogP contribution in [0, 0.1) is 10.1 Å². The molecule has 0 aliphatic carbocycles. The van der Waals surface area contributed by atoms with Gasteiger partial charge in [-0.15, -0.1) is 0 Å². The number of benzene rings is 1. The lowest BCUT2D eigenvalue weighted by Gasteiger charge is -2.08. The third kappa shape index (κ3) is 4.56. The van der Waals surface area contributed by atoms with E-state index in [9.17, 15) is 10.1 Å². The van der Waals surface area contributed by atoms with Crippen molar-refractivity contribution in [2.45, 2.75) is 13.3 Å². The van der Waals surface area contributed by atoms with Crippen LogP contribution < -0.4 is 16.0 Å². The lowest BCUT2D eigenvalue weighted by molar-refractivity contribution is -0.384. The van der Waals surface area contributed by atoms with Gasteiger partial charge in [0, 0.05) is 18.7 Å². The van der Waals surface area contributed by atoms with Crippen LogP contribution in [0.2, 0.25) is 0 Å². The van der Waals surface area contributed by atoms with Crippen LogP contribution >= 0.6 is 0 Å². The predicted octanol–water partition coefficient (Wildman–Crippen LogP) is 1.69. The molecule has 0 amide bonds. The molecule has 0 radical (unpaired) electrons. The Kier molecular flexibility index (Phi) is 5.89. The Morgan fingerprint density at radius 2 is 2.11 bits per heavy atom. The third-order valence-electron chi connectivity index (χ3n) is 2.11. The van der Waals surface area contributed by atoms with E-state index in [2.05, 4.69) is 5.43 Å². The van der Waals surface area contributed by atoms with Gasteiger partial charge in [-0.1, -0.05) is 6.92 Å². The first-order valence-electron chi connectivity index (χ1n) is 5.64. The van der Waals surface area contributed by atoms with Crippen molar-refractivity contribution in [3.63, 3.8) is 0 Å². The fourth-order valence-electron chi connectivity index (χ4n) is 1.32. The molecule has 0 saturated heterocycles. The number of nitrogens with two attached hydrogens (primary N) is 1.